The number of hydrogen-bond acceptors (Lipinski definition) is 4. The molecule has 0 atom stereocenters. The number of rotatable bonds is 1. The Hall–Kier alpha value is -1.62. The fourth-order valence-corrected chi connectivity index (χ4v) is 3.41. The molecule has 0 aromatic carbocycles. The maximum absolute atomic E-state index is 12.5. The Morgan fingerprint density at radius 1 is 1.25 bits per heavy atom. The summed E-state index contributed by atoms with van der Waals surface area (Å²) in [5, 5.41) is 3.42. The molecule has 5 nitrogen and oxygen atoms in total. The monoisotopic (exact) mass is 274 g/mol. The van der Waals surface area contributed by atoms with Crippen molar-refractivity contribution in [3.8, 4) is 0 Å². The average molecular weight is 274 g/mol. The molecule has 1 aromatic heterocycles. The SMILES string of the molecule is Nc1ncccc1C(=O)N1CCC2(CCNCC2)CC1. The van der Waals surface area contributed by atoms with Crippen LogP contribution in [0.4, 0.5) is 5.82 Å². The van der Waals surface area contributed by atoms with E-state index in [4.69, 9.17) is 5.73 Å². The van der Waals surface area contributed by atoms with Crippen molar-refractivity contribution in [3.05, 3.63) is 23.9 Å². The number of likely N-dealkylation sites (tertiary alicyclic amines) is 1. The Bertz CT molecular complexity index is 486. The summed E-state index contributed by atoms with van der Waals surface area (Å²) < 4.78 is 0. The molecule has 5 heteroatoms. The van der Waals surface area contributed by atoms with E-state index in [2.05, 4.69) is 10.3 Å². The number of carbonyl (C=O) groups excluding carboxylic acids is 1. The molecule has 2 fully saturated rings. The van der Waals surface area contributed by atoms with Gasteiger partial charge in [-0.3, -0.25) is 4.79 Å². The van der Waals surface area contributed by atoms with Crippen LogP contribution in [0.25, 0.3) is 0 Å². The van der Waals surface area contributed by atoms with E-state index >= 15 is 0 Å². The molecule has 0 aliphatic carbocycles. The van der Waals surface area contributed by atoms with Gasteiger partial charge in [-0.2, -0.15) is 0 Å². The third-order valence-electron chi connectivity index (χ3n) is 4.84. The van der Waals surface area contributed by atoms with Crippen LogP contribution < -0.4 is 11.1 Å². The first-order chi connectivity index (χ1) is 9.70. The summed E-state index contributed by atoms with van der Waals surface area (Å²) in [5.74, 6) is 0.360. The first-order valence-electron chi connectivity index (χ1n) is 7.41. The van der Waals surface area contributed by atoms with Crippen LogP contribution in [-0.2, 0) is 0 Å². The Labute approximate surface area is 119 Å². The van der Waals surface area contributed by atoms with Crippen LogP contribution in [0.5, 0.6) is 0 Å². The number of nitrogen functional groups attached to an aromatic ring is 1. The van der Waals surface area contributed by atoms with E-state index in [0.717, 1.165) is 39.0 Å². The van der Waals surface area contributed by atoms with Crippen LogP contribution in [-0.4, -0.2) is 42.0 Å². The fraction of sp³-hybridized carbons (Fsp3) is 0.600. The van der Waals surface area contributed by atoms with Gasteiger partial charge < -0.3 is 16.0 Å². The van der Waals surface area contributed by atoms with E-state index in [1.54, 1.807) is 18.3 Å². The molecule has 0 bridgehead atoms. The highest BCUT2D eigenvalue weighted by atomic mass is 16.2. The van der Waals surface area contributed by atoms with Gasteiger partial charge in [-0.05, 0) is 56.3 Å². The average Bonchev–Trinajstić information content (AvgIpc) is 2.49. The molecule has 0 unspecified atom stereocenters. The largest absolute Gasteiger partial charge is 0.383 e. The molecule has 1 amide bonds. The van der Waals surface area contributed by atoms with Crippen LogP contribution in [0, 0.1) is 5.41 Å². The van der Waals surface area contributed by atoms with Crippen molar-refractivity contribution < 1.29 is 4.79 Å². The van der Waals surface area contributed by atoms with Crippen molar-refractivity contribution in [2.75, 3.05) is 31.9 Å². The number of nitrogens with two attached hydrogens (primary N) is 1. The molecule has 20 heavy (non-hydrogen) atoms. The molecule has 108 valence electrons. The quantitative estimate of drug-likeness (QED) is 0.809. The Morgan fingerprint density at radius 3 is 2.60 bits per heavy atom. The maximum Gasteiger partial charge on any atom is 0.257 e. The van der Waals surface area contributed by atoms with Gasteiger partial charge in [0.15, 0.2) is 0 Å². The molecule has 0 radical (unpaired) electrons. The lowest BCUT2D eigenvalue weighted by Crippen LogP contribution is -2.47. The van der Waals surface area contributed by atoms with Gasteiger partial charge in [0.05, 0.1) is 5.56 Å². The van der Waals surface area contributed by atoms with Crippen LogP contribution in [0.15, 0.2) is 18.3 Å². The lowest BCUT2D eigenvalue weighted by molar-refractivity contribution is 0.0496. The number of pyridine rings is 1. The predicted octanol–water partition coefficient (Wildman–Crippen LogP) is 1.27. The number of aromatic nitrogens is 1. The lowest BCUT2D eigenvalue weighted by atomic mass is 9.71. The van der Waals surface area contributed by atoms with Gasteiger partial charge in [-0.15, -0.1) is 0 Å². The van der Waals surface area contributed by atoms with Crippen molar-refractivity contribution in [2.45, 2.75) is 25.7 Å². The summed E-state index contributed by atoms with van der Waals surface area (Å²) in [6.45, 7) is 3.91. The minimum atomic E-state index is 0.0272. The second-order valence-electron chi connectivity index (χ2n) is 5.98. The highest BCUT2D eigenvalue weighted by Gasteiger charge is 2.37. The van der Waals surface area contributed by atoms with Gasteiger partial charge in [0.1, 0.15) is 5.82 Å². The zero-order valence-corrected chi connectivity index (χ0v) is 11.8. The minimum Gasteiger partial charge on any atom is -0.383 e. The van der Waals surface area contributed by atoms with E-state index in [-0.39, 0.29) is 5.91 Å². The van der Waals surface area contributed by atoms with Crippen molar-refractivity contribution >= 4 is 11.7 Å². The van der Waals surface area contributed by atoms with Crippen LogP contribution >= 0.6 is 0 Å². The molecule has 3 rings (SSSR count). The van der Waals surface area contributed by atoms with Crippen LogP contribution in [0.3, 0.4) is 0 Å². The maximum atomic E-state index is 12.5. The van der Waals surface area contributed by atoms with Gasteiger partial charge in [-0.1, -0.05) is 0 Å². The molecular formula is C15H22N4O. The molecule has 3 heterocycles. The number of amides is 1. The first-order valence-corrected chi connectivity index (χ1v) is 7.41. The number of nitrogens with zero attached hydrogens (tertiary/aromatic N) is 2. The molecular weight excluding hydrogens is 252 g/mol. The third-order valence-corrected chi connectivity index (χ3v) is 4.84. The van der Waals surface area contributed by atoms with Crippen molar-refractivity contribution in [3.63, 3.8) is 0 Å². The third kappa shape index (κ3) is 2.50. The van der Waals surface area contributed by atoms with Crippen LogP contribution in [0.1, 0.15) is 36.0 Å². The topological polar surface area (TPSA) is 71.2 Å². The summed E-state index contributed by atoms with van der Waals surface area (Å²) in [6.07, 6.45) is 6.32. The van der Waals surface area contributed by atoms with Crippen molar-refractivity contribution in [1.29, 1.82) is 0 Å². The number of anilines is 1. The van der Waals surface area contributed by atoms with Gasteiger partial charge in [0.2, 0.25) is 0 Å². The first kappa shape index (κ1) is 13.4. The van der Waals surface area contributed by atoms with E-state index in [1.807, 2.05) is 4.90 Å². The second kappa shape index (κ2) is 5.40. The smallest absolute Gasteiger partial charge is 0.257 e. The molecule has 1 aromatic rings. The molecule has 0 saturated carbocycles. The summed E-state index contributed by atoms with van der Waals surface area (Å²) in [6, 6.07) is 3.53. The number of nitrogens with one attached hydrogen (secondary N) is 1. The van der Waals surface area contributed by atoms with Gasteiger partial charge in [-0.25, -0.2) is 4.98 Å². The number of hydrogen-bond donors (Lipinski definition) is 2. The van der Waals surface area contributed by atoms with Gasteiger partial charge in [0, 0.05) is 19.3 Å². The van der Waals surface area contributed by atoms with Gasteiger partial charge >= 0.3 is 0 Å². The van der Waals surface area contributed by atoms with Crippen molar-refractivity contribution in [1.82, 2.24) is 15.2 Å². The molecule has 2 aliphatic rings. The summed E-state index contributed by atoms with van der Waals surface area (Å²) >= 11 is 0. The standard InChI is InChI=1S/C15H22N4O/c16-13-12(2-1-7-18-13)14(20)19-10-5-15(6-11-19)3-8-17-9-4-15/h1-2,7,17H,3-6,8-11H2,(H2,16,18). The molecule has 3 N–H and O–H groups in total. The van der Waals surface area contributed by atoms with Crippen molar-refractivity contribution in [2.24, 2.45) is 5.41 Å². The Morgan fingerprint density at radius 2 is 1.95 bits per heavy atom. The van der Waals surface area contributed by atoms with E-state index in [1.165, 1.54) is 12.8 Å². The predicted molar refractivity (Wildman–Crippen MR) is 78.3 cm³/mol. The molecule has 2 saturated heterocycles. The summed E-state index contributed by atoms with van der Waals surface area (Å²) in [5.41, 5.74) is 6.79. The second-order valence-corrected chi connectivity index (χ2v) is 5.98. The Balaban J connectivity index is 1.66. The molecule has 2 aliphatic heterocycles. The number of piperidine rings is 2. The normalized spacial score (nSPS) is 21.9. The minimum absolute atomic E-state index is 0.0272. The summed E-state index contributed by atoms with van der Waals surface area (Å²) in [7, 11) is 0. The fourth-order valence-electron chi connectivity index (χ4n) is 3.41. The zero-order valence-electron chi connectivity index (χ0n) is 11.8. The van der Waals surface area contributed by atoms with E-state index in [9.17, 15) is 4.79 Å². The highest BCUT2D eigenvalue weighted by molar-refractivity contribution is 5.98. The van der Waals surface area contributed by atoms with Gasteiger partial charge in [0.25, 0.3) is 5.91 Å². The highest BCUT2D eigenvalue weighted by Crippen LogP contribution is 2.39. The van der Waals surface area contributed by atoms with E-state index in [0.29, 0.717) is 16.8 Å². The summed E-state index contributed by atoms with van der Waals surface area (Å²) in [4.78, 5) is 18.4. The lowest BCUT2D eigenvalue weighted by Gasteiger charge is -2.44. The Kier molecular flexibility index (Phi) is 3.61. The zero-order chi connectivity index (χ0) is 14.0. The molecule has 1 spiro atoms. The van der Waals surface area contributed by atoms with E-state index < -0.39 is 0 Å². The van der Waals surface area contributed by atoms with Crippen LogP contribution in [0.2, 0.25) is 0 Å². The number of carbonyl (C=O) groups is 1.